The van der Waals surface area contributed by atoms with Crippen LogP contribution in [0.1, 0.15) is 24.3 Å². The predicted octanol–water partition coefficient (Wildman–Crippen LogP) is 7.95. The number of thiophene rings is 1. The van der Waals surface area contributed by atoms with Crippen LogP contribution in [0.4, 0.5) is 5.69 Å². The van der Waals surface area contributed by atoms with Crippen molar-refractivity contribution in [2.75, 3.05) is 4.90 Å². The van der Waals surface area contributed by atoms with E-state index >= 15 is 0 Å². The highest BCUT2D eigenvalue weighted by Crippen LogP contribution is 2.41. The van der Waals surface area contributed by atoms with Crippen LogP contribution in [-0.2, 0) is 0 Å². The number of hydrogen-bond acceptors (Lipinski definition) is 2. The average Bonchev–Trinajstić information content (AvgIpc) is 3.00. The minimum atomic E-state index is 0.978. The van der Waals surface area contributed by atoms with Gasteiger partial charge >= 0.3 is 0 Å². The number of allylic oxidation sites excluding steroid dienone is 8. The van der Waals surface area contributed by atoms with Crippen molar-refractivity contribution in [3.8, 4) is 0 Å². The first-order valence-corrected chi connectivity index (χ1v) is 9.80. The van der Waals surface area contributed by atoms with Crippen LogP contribution >= 0.6 is 11.3 Å². The number of fused-ring (bicyclic) bond motifs is 1. The van der Waals surface area contributed by atoms with Gasteiger partial charge in [0.15, 0.2) is 0 Å². The molecule has 0 aliphatic heterocycles. The Balaban J connectivity index is 2.90. The quantitative estimate of drug-likeness (QED) is 0.424. The fourth-order valence-electron chi connectivity index (χ4n) is 3.08. The van der Waals surface area contributed by atoms with Crippen molar-refractivity contribution in [1.82, 2.24) is 0 Å². The molecule has 0 atom stereocenters. The zero-order chi connectivity index (χ0) is 19.8. The molecule has 1 heterocycles. The van der Waals surface area contributed by atoms with Crippen molar-refractivity contribution in [2.45, 2.75) is 20.8 Å². The number of aryl methyl sites for hydroxylation is 1. The number of hydrogen-bond donors (Lipinski definition) is 0. The molecule has 2 aromatic rings. The second-order valence-electron chi connectivity index (χ2n) is 5.90. The fourth-order valence-corrected chi connectivity index (χ4v) is 4.15. The maximum absolute atomic E-state index is 4.03. The molecule has 0 N–H and O–H groups in total. The highest BCUT2D eigenvalue weighted by Gasteiger charge is 2.19. The van der Waals surface area contributed by atoms with Crippen LogP contribution in [-0.4, -0.2) is 0 Å². The lowest BCUT2D eigenvalue weighted by Crippen LogP contribution is -2.20. The number of rotatable bonds is 8. The Bertz CT molecular complexity index is 964. The summed E-state index contributed by atoms with van der Waals surface area (Å²) in [6, 6.07) is 6.45. The highest BCUT2D eigenvalue weighted by atomic mass is 32.1. The standard InChI is InChI=1S/C25H27NS/c1-7-12-16-22-19(6)27-24-18-13-17-23(25(22)24)26(20(10-4)14-8-2)21(11-5)15-9-3/h7-18H,1-2,4H2,3,5-6H3/b15-9-,16-12-,20-14+,21-11+. The SMILES string of the molecule is C=C/C=C\c1c(C)sc2cccc(N(/C(C=C)=C/C=C)C(/C=C\C)=C/C)c12. The van der Waals surface area contributed by atoms with E-state index in [-0.39, 0.29) is 0 Å². The maximum atomic E-state index is 4.03. The van der Waals surface area contributed by atoms with Gasteiger partial charge in [0.2, 0.25) is 0 Å². The molecule has 1 aromatic carbocycles. The van der Waals surface area contributed by atoms with Gasteiger partial charge in [-0.1, -0.05) is 62.3 Å². The molecule has 0 aliphatic rings. The zero-order valence-corrected chi connectivity index (χ0v) is 17.2. The summed E-state index contributed by atoms with van der Waals surface area (Å²) in [5.74, 6) is 0. The van der Waals surface area contributed by atoms with Crippen LogP contribution in [0.25, 0.3) is 16.2 Å². The Hall–Kier alpha value is -2.84. The van der Waals surface area contributed by atoms with Crippen molar-refractivity contribution < 1.29 is 0 Å². The zero-order valence-electron chi connectivity index (χ0n) is 16.4. The second-order valence-corrected chi connectivity index (χ2v) is 7.15. The Labute approximate surface area is 167 Å². The van der Waals surface area contributed by atoms with E-state index in [9.17, 15) is 0 Å². The fraction of sp³-hybridized carbons (Fsp3) is 0.120. The van der Waals surface area contributed by atoms with Gasteiger partial charge in [0.05, 0.1) is 5.69 Å². The summed E-state index contributed by atoms with van der Waals surface area (Å²) in [5, 5.41) is 1.23. The molecule has 1 nitrogen and oxygen atoms in total. The number of benzene rings is 1. The molecular weight excluding hydrogens is 346 g/mol. The van der Waals surface area contributed by atoms with Gasteiger partial charge in [-0.2, -0.15) is 0 Å². The summed E-state index contributed by atoms with van der Waals surface area (Å²) < 4.78 is 1.26. The van der Waals surface area contributed by atoms with E-state index in [0.717, 1.165) is 17.1 Å². The molecule has 2 rings (SSSR count). The van der Waals surface area contributed by atoms with E-state index < -0.39 is 0 Å². The monoisotopic (exact) mass is 373 g/mol. The first-order chi connectivity index (χ1) is 13.1. The Morgan fingerprint density at radius 3 is 2.44 bits per heavy atom. The van der Waals surface area contributed by atoms with Crippen molar-refractivity contribution in [3.05, 3.63) is 108 Å². The van der Waals surface area contributed by atoms with Gasteiger partial charge in [-0.05, 0) is 56.7 Å². The molecule has 0 amide bonds. The van der Waals surface area contributed by atoms with Gasteiger partial charge in [0, 0.05) is 26.4 Å². The molecular formula is C25H27NS. The van der Waals surface area contributed by atoms with Gasteiger partial charge < -0.3 is 4.90 Å². The Morgan fingerprint density at radius 1 is 1.07 bits per heavy atom. The van der Waals surface area contributed by atoms with E-state index in [2.05, 4.69) is 81.0 Å². The summed E-state index contributed by atoms with van der Waals surface area (Å²) >= 11 is 1.81. The lowest BCUT2D eigenvalue weighted by atomic mass is 10.1. The van der Waals surface area contributed by atoms with E-state index in [1.807, 2.05) is 42.6 Å². The summed E-state index contributed by atoms with van der Waals surface area (Å²) in [6.07, 6.45) is 17.9. The smallest absolute Gasteiger partial charge is 0.0554 e. The van der Waals surface area contributed by atoms with E-state index in [1.54, 1.807) is 6.08 Å². The molecule has 27 heavy (non-hydrogen) atoms. The van der Waals surface area contributed by atoms with Crippen LogP contribution in [0.2, 0.25) is 0 Å². The van der Waals surface area contributed by atoms with Crippen molar-refractivity contribution in [1.29, 1.82) is 0 Å². The molecule has 138 valence electrons. The molecule has 0 saturated carbocycles. The maximum Gasteiger partial charge on any atom is 0.0554 e. The first kappa shape index (κ1) is 20.5. The van der Waals surface area contributed by atoms with Crippen molar-refractivity contribution in [3.63, 3.8) is 0 Å². The lowest BCUT2D eigenvalue weighted by molar-refractivity contribution is 1.14. The molecule has 0 saturated heterocycles. The van der Waals surface area contributed by atoms with Crippen LogP contribution in [0.3, 0.4) is 0 Å². The molecule has 0 fully saturated rings. The minimum absolute atomic E-state index is 0.978. The largest absolute Gasteiger partial charge is 0.310 e. The van der Waals surface area contributed by atoms with Gasteiger partial charge in [0.1, 0.15) is 0 Å². The first-order valence-electron chi connectivity index (χ1n) is 8.98. The third-order valence-electron chi connectivity index (χ3n) is 4.20. The summed E-state index contributed by atoms with van der Waals surface area (Å²) in [4.78, 5) is 3.52. The normalized spacial score (nSPS) is 12.9. The third-order valence-corrected chi connectivity index (χ3v) is 5.29. The third kappa shape index (κ3) is 4.29. The molecule has 2 heteroatoms. The van der Waals surface area contributed by atoms with Crippen LogP contribution in [0, 0.1) is 6.92 Å². The van der Waals surface area contributed by atoms with Crippen LogP contribution < -0.4 is 4.90 Å². The Morgan fingerprint density at radius 2 is 1.85 bits per heavy atom. The van der Waals surface area contributed by atoms with Crippen LogP contribution in [0.5, 0.6) is 0 Å². The molecule has 0 bridgehead atoms. The minimum Gasteiger partial charge on any atom is -0.310 e. The summed E-state index contributed by atoms with van der Waals surface area (Å²) in [7, 11) is 0. The number of nitrogens with zero attached hydrogens (tertiary/aromatic N) is 1. The van der Waals surface area contributed by atoms with E-state index in [4.69, 9.17) is 0 Å². The molecule has 1 aromatic heterocycles. The number of anilines is 1. The summed E-state index contributed by atoms with van der Waals surface area (Å²) in [5.41, 5.74) is 4.42. The highest BCUT2D eigenvalue weighted by molar-refractivity contribution is 7.19. The molecule has 0 spiro atoms. The van der Waals surface area contributed by atoms with Gasteiger partial charge in [-0.15, -0.1) is 11.3 Å². The van der Waals surface area contributed by atoms with Gasteiger partial charge in [-0.3, -0.25) is 0 Å². The molecule has 0 aliphatic carbocycles. The van der Waals surface area contributed by atoms with Crippen molar-refractivity contribution >= 4 is 33.2 Å². The van der Waals surface area contributed by atoms with Crippen molar-refractivity contribution in [2.24, 2.45) is 0 Å². The lowest BCUT2D eigenvalue weighted by Gasteiger charge is -2.28. The predicted molar refractivity (Wildman–Crippen MR) is 125 cm³/mol. The van der Waals surface area contributed by atoms with Crippen LogP contribution in [0.15, 0.2) is 97.9 Å². The average molecular weight is 374 g/mol. The molecule has 0 radical (unpaired) electrons. The molecule has 0 unspecified atom stereocenters. The Kier molecular flexibility index (Phi) is 7.39. The topological polar surface area (TPSA) is 3.24 Å². The van der Waals surface area contributed by atoms with Gasteiger partial charge in [0.25, 0.3) is 0 Å². The second kappa shape index (κ2) is 9.75. The van der Waals surface area contributed by atoms with E-state index in [0.29, 0.717) is 0 Å². The van der Waals surface area contributed by atoms with E-state index in [1.165, 1.54) is 20.5 Å². The van der Waals surface area contributed by atoms with Gasteiger partial charge in [-0.25, -0.2) is 0 Å². The summed E-state index contributed by atoms with van der Waals surface area (Å²) in [6.45, 7) is 18.0.